The molecule has 2 rings (SSSR count). The van der Waals surface area contributed by atoms with Crippen molar-refractivity contribution in [2.45, 2.75) is 38.8 Å². The highest BCUT2D eigenvalue weighted by Crippen LogP contribution is 2.25. The maximum atomic E-state index is 4.25. The Balaban J connectivity index is 1.94. The van der Waals surface area contributed by atoms with Crippen molar-refractivity contribution in [1.29, 1.82) is 0 Å². The molecule has 0 N–H and O–H groups in total. The van der Waals surface area contributed by atoms with Gasteiger partial charge >= 0.3 is 0 Å². The molecule has 0 amide bonds. The van der Waals surface area contributed by atoms with Crippen molar-refractivity contribution in [3.05, 3.63) is 24.3 Å². The minimum Gasteiger partial charge on any atom is -0.293 e. The maximum Gasteiger partial charge on any atom is 0.142 e. The standard InChI is InChI=1S/C11H17N3/c1-2-14(10-5-3-6-10)9-11-12-7-4-8-13-11/h4,7-8,10H,2-3,5-6,9H2,1H3. The van der Waals surface area contributed by atoms with Crippen molar-refractivity contribution in [2.24, 2.45) is 0 Å². The van der Waals surface area contributed by atoms with Gasteiger partial charge in [-0.25, -0.2) is 9.97 Å². The molecule has 0 aliphatic heterocycles. The fraction of sp³-hybridized carbons (Fsp3) is 0.636. The molecule has 0 unspecified atom stereocenters. The van der Waals surface area contributed by atoms with Gasteiger partial charge in [-0.3, -0.25) is 4.90 Å². The third-order valence-corrected chi connectivity index (χ3v) is 2.96. The molecule has 3 heteroatoms. The molecular formula is C11H17N3. The van der Waals surface area contributed by atoms with Crippen molar-refractivity contribution in [3.63, 3.8) is 0 Å². The van der Waals surface area contributed by atoms with E-state index in [-0.39, 0.29) is 0 Å². The Bertz CT molecular complexity index is 269. The van der Waals surface area contributed by atoms with E-state index in [1.165, 1.54) is 19.3 Å². The van der Waals surface area contributed by atoms with Gasteiger partial charge in [0.1, 0.15) is 5.82 Å². The summed E-state index contributed by atoms with van der Waals surface area (Å²) in [5.41, 5.74) is 0. The fourth-order valence-electron chi connectivity index (χ4n) is 1.84. The molecule has 0 atom stereocenters. The Morgan fingerprint density at radius 2 is 2.07 bits per heavy atom. The number of hydrogen-bond acceptors (Lipinski definition) is 3. The van der Waals surface area contributed by atoms with Crippen molar-refractivity contribution >= 4 is 0 Å². The van der Waals surface area contributed by atoms with Crippen LogP contribution in [0.3, 0.4) is 0 Å². The highest BCUT2D eigenvalue weighted by molar-refractivity contribution is 4.90. The van der Waals surface area contributed by atoms with Gasteiger partial charge in [0.2, 0.25) is 0 Å². The summed E-state index contributed by atoms with van der Waals surface area (Å²) in [7, 11) is 0. The second kappa shape index (κ2) is 4.51. The molecule has 0 bridgehead atoms. The van der Waals surface area contributed by atoms with Gasteiger partial charge < -0.3 is 0 Å². The molecule has 0 spiro atoms. The van der Waals surface area contributed by atoms with E-state index in [9.17, 15) is 0 Å². The van der Waals surface area contributed by atoms with Crippen LogP contribution >= 0.6 is 0 Å². The van der Waals surface area contributed by atoms with Gasteiger partial charge in [-0.2, -0.15) is 0 Å². The van der Waals surface area contributed by atoms with Crippen LogP contribution in [0.15, 0.2) is 18.5 Å². The van der Waals surface area contributed by atoms with Crippen LogP contribution in [0.5, 0.6) is 0 Å². The Hall–Kier alpha value is -0.960. The van der Waals surface area contributed by atoms with E-state index in [0.29, 0.717) is 0 Å². The van der Waals surface area contributed by atoms with Gasteiger partial charge in [-0.05, 0) is 25.5 Å². The molecule has 1 fully saturated rings. The summed E-state index contributed by atoms with van der Waals surface area (Å²) in [6.45, 7) is 4.21. The number of aromatic nitrogens is 2. The molecule has 1 aromatic heterocycles. The first-order valence-electron chi connectivity index (χ1n) is 5.40. The summed E-state index contributed by atoms with van der Waals surface area (Å²) < 4.78 is 0. The summed E-state index contributed by atoms with van der Waals surface area (Å²) in [5, 5.41) is 0. The van der Waals surface area contributed by atoms with E-state index in [1.54, 1.807) is 0 Å². The molecule has 1 aliphatic carbocycles. The molecule has 0 aromatic carbocycles. The van der Waals surface area contributed by atoms with Gasteiger partial charge in [0.05, 0.1) is 6.54 Å². The summed E-state index contributed by atoms with van der Waals surface area (Å²) in [4.78, 5) is 11.0. The van der Waals surface area contributed by atoms with E-state index < -0.39 is 0 Å². The monoisotopic (exact) mass is 191 g/mol. The average molecular weight is 191 g/mol. The highest BCUT2D eigenvalue weighted by atomic mass is 15.2. The van der Waals surface area contributed by atoms with E-state index in [1.807, 2.05) is 18.5 Å². The zero-order valence-corrected chi connectivity index (χ0v) is 8.69. The molecule has 1 heterocycles. The van der Waals surface area contributed by atoms with Gasteiger partial charge in [-0.15, -0.1) is 0 Å². The Kier molecular flexibility index (Phi) is 3.09. The molecule has 0 radical (unpaired) electrons. The van der Waals surface area contributed by atoms with Gasteiger partial charge in [-0.1, -0.05) is 13.3 Å². The normalized spacial score (nSPS) is 17.0. The van der Waals surface area contributed by atoms with Crippen molar-refractivity contribution in [1.82, 2.24) is 14.9 Å². The minimum absolute atomic E-state index is 0.781. The zero-order valence-electron chi connectivity index (χ0n) is 8.69. The van der Waals surface area contributed by atoms with Crippen LogP contribution in [0.1, 0.15) is 32.0 Å². The van der Waals surface area contributed by atoms with E-state index in [0.717, 1.165) is 25.0 Å². The number of hydrogen-bond donors (Lipinski definition) is 0. The van der Waals surface area contributed by atoms with E-state index in [2.05, 4.69) is 21.8 Å². The Morgan fingerprint density at radius 1 is 1.36 bits per heavy atom. The topological polar surface area (TPSA) is 29.0 Å². The van der Waals surface area contributed by atoms with E-state index in [4.69, 9.17) is 0 Å². The molecule has 14 heavy (non-hydrogen) atoms. The first-order valence-corrected chi connectivity index (χ1v) is 5.40. The second-order valence-electron chi connectivity index (χ2n) is 3.81. The fourth-order valence-corrected chi connectivity index (χ4v) is 1.84. The smallest absolute Gasteiger partial charge is 0.142 e. The molecule has 0 saturated heterocycles. The van der Waals surface area contributed by atoms with Crippen molar-refractivity contribution in [2.75, 3.05) is 6.54 Å². The lowest BCUT2D eigenvalue weighted by Crippen LogP contribution is -2.39. The van der Waals surface area contributed by atoms with Crippen LogP contribution in [0, 0.1) is 0 Å². The lowest BCUT2D eigenvalue weighted by molar-refractivity contribution is 0.123. The highest BCUT2D eigenvalue weighted by Gasteiger charge is 2.23. The van der Waals surface area contributed by atoms with Crippen LogP contribution in [0.4, 0.5) is 0 Å². The second-order valence-corrected chi connectivity index (χ2v) is 3.81. The predicted molar refractivity (Wildman–Crippen MR) is 55.8 cm³/mol. The summed E-state index contributed by atoms with van der Waals surface area (Å²) in [5.74, 6) is 0.946. The SMILES string of the molecule is CCN(Cc1ncccn1)C1CCC1. The molecule has 76 valence electrons. The summed E-state index contributed by atoms with van der Waals surface area (Å²) in [6.07, 6.45) is 7.71. The quantitative estimate of drug-likeness (QED) is 0.727. The predicted octanol–water partition coefficient (Wildman–Crippen LogP) is 1.85. The summed E-state index contributed by atoms with van der Waals surface area (Å²) in [6, 6.07) is 2.65. The largest absolute Gasteiger partial charge is 0.293 e. The average Bonchev–Trinajstić information content (AvgIpc) is 2.15. The molecule has 1 aliphatic rings. The lowest BCUT2D eigenvalue weighted by atomic mass is 9.91. The van der Waals surface area contributed by atoms with Crippen LogP contribution in [0.25, 0.3) is 0 Å². The van der Waals surface area contributed by atoms with Crippen LogP contribution in [0.2, 0.25) is 0 Å². The molecule has 1 aromatic rings. The number of rotatable bonds is 4. The maximum absolute atomic E-state index is 4.25. The first kappa shape index (κ1) is 9.59. The van der Waals surface area contributed by atoms with Crippen LogP contribution in [-0.4, -0.2) is 27.5 Å². The van der Waals surface area contributed by atoms with Crippen molar-refractivity contribution in [3.8, 4) is 0 Å². The van der Waals surface area contributed by atoms with E-state index >= 15 is 0 Å². The van der Waals surface area contributed by atoms with Gasteiger partial charge in [0.15, 0.2) is 0 Å². The third-order valence-electron chi connectivity index (χ3n) is 2.96. The Morgan fingerprint density at radius 3 is 2.57 bits per heavy atom. The summed E-state index contributed by atoms with van der Waals surface area (Å²) >= 11 is 0. The number of nitrogens with zero attached hydrogens (tertiary/aromatic N) is 3. The van der Waals surface area contributed by atoms with Gasteiger partial charge in [0.25, 0.3) is 0 Å². The van der Waals surface area contributed by atoms with Crippen LogP contribution < -0.4 is 0 Å². The third kappa shape index (κ3) is 2.10. The van der Waals surface area contributed by atoms with Gasteiger partial charge in [0, 0.05) is 18.4 Å². The van der Waals surface area contributed by atoms with Crippen LogP contribution in [-0.2, 0) is 6.54 Å². The molecule has 1 saturated carbocycles. The lowest BCUT2D eigenvalue weighted by Gasteiger charge is -2.36. The van der Waals surface area contributed by atoms with Crippen molar-refractivity contribution < 1.29 is 0 Å². The molecular weight excluding hydrogens is 174 g/mol. The Labute approximate surface area is 85.2 Å². The minimum atomic E-state index is 0.781. The first-order chi connectivity index (χ1) is 6.90. The zero-order chi connectivity index (χ0) is 9.80. The molecule has 3 nitrogen and oxygen atoms in total.